The Morgan fingerprint density at radius 1 is 1.29 bits per heavy atom. The first-order valence-electron chi connectivity index (χ1n) is 8.67. The van der Waals surface area contributed by atoms with Crippen molar-refractivity contribution in [3.8, 4) is 16.9 Å². The van der Waals surface area contributed by atoms with Crippen LogP contribution in [0.2, 0.25) is 0 Å². The van der Waals surface area contributed by atoms with Gasteiger partial charge in [-0.2, -0.15) is 4.98 Å². The predicted molar refractivity (Wildman–Crippen MR) is 100 cm³/mol. The first kappa shape index (κ1) is 17.7. The Bertz CT molecular complexity index is 1120. The van der Waals surface area contributed by atoms with Crippen molar-refractivity contribution in [1.82, 2.24) is 24.1 Å². The van der Waals surface area contributed by atoms with Crippen molar-refractivity contribution in [3.05, 3.63) is 61.1 Å². The fourth-order valence-corrected chi connectivity index (χ4v) is 2.81. The van der Waals surface area contributed by atoms with Crippen molar-refractivity contribution < 1.29 is 13.9 Å². The Hall–Kier alpha value is -3.75. The number of nitrogens with one attached hydrogen (secondary N) is 1. The summed E-state index contributed by atoms with van der Waals surface area (Å²) in [5.41, 5.74) is 1.55. The summed E-state index contributed by atoms with van der Waals surface area (Å²) in [6.07, 6.45) is 6.49. The third kappa shape index (κ3) is 3.54. The minimum Gasteiger partial charge on any atom is -0.491 e. The van der Waals surface area contributed by atoms with E-state index in [0.717, 1.165) is 0 Å². The van der Waals surface area contributed by atoms with Gasteiger partial charge in [0.2, 0.25) is 11.9 Å². The molecule has 0 aliphatic heterocycles. The van der Waals surface area contributed by atoms with Gasteiger partial charge in [-0.3, -0.25) is 10.1 Å². The Balaban J connectivity index is 1.58. The summed E-state index contributed by atoms with van der Waals surface area (Å²) in [5, 5.41) is 6.89. The monoisotopic (exact) mass is 380 g/mol. The maximum atomic E-state index is 14.7. The normalized spacial score (nSPS) is 10.9. The molecule has 0 spiro atoms. The standard InChI is InChI=1S/C19H17FN6O2/c1-2-28-15-5-3-4-14(18(15)20)13-6-7-16-22-19(24-26(16)10-13)23-17(27)11-25-9-8-21-12-25/h3-10,12H,2,11H2,1H3,(H,23,24,27). The number of anilines is 1. The predicted octanol–water partition coefficient (Wildman–Crippen LogP) is 2.77. The highest BCUT2D eigenvalue weighted by atomic mass is 19.1. The number of ether oxygens (including phenoxy) is 1. The number of imidazole rings is 1. The van der Waals surface area contributed by atoms with Crippen molar-refractivity contribution in [2.45, 2.75) is 13.5 Å². The molecule has 1 amide bonds. The first-order valence-corrected chi connectivity index (χ1v) is 8.67. The molecule has 0 fully saturated rings. The number of aromatic nitrogens is 5. The van der Waals surface area contributed by atoms with Crippen molar-refractivity contribution in [2.24, 2.45) is 0 Å². The highest BCUT2D eigenvalue weighted by Crippen LogP contribution is 2.29. The van der Waals surface area contributed by atoms with Crippen LogP contribution < -0.4 is 10.1 Å². The number of nitrogens with zero attached hydrogens (tertiary/aromatic N) is 5. The Morgan fingerprint density at radius 2 is 2.18 bits per heavy atom. The van der Waals surface area contributed by atoms with Gasteiger partial charge in [-0.05, 0) is 25.1 Å². The Labute approximate surface area is 159 Å². The van der Waals surface area contributed by atoms with Gasteiger partial charge in [-0.25, -0.2) is 13.9 Å². The van der Waals surface area contributed by atoms with Crippen LogP contribution in [-0.2, 0) is 11.3 Å². The second-order valence-corrected chi connectivity index (χ2v) is 5.99. The summed E-state index contributed by atoms with van der Waals surface area (Å²) in [4.78, 5) is 20.2. The van der Waals surface area contributed by atoms with Crippen molar-refractivity contribution >= 4 is 17.5 Å². The van der Waals surface area contributed by atoms with E-state index in [-0.39, 0.29) is 24.1 Å². The lowest BCUT2D eigenvalue weighted by atomic mass is 10.1. The number of carbonyl (C=O) groups excluding carboxylic acids is 1. The highest BCUT2D eigenvalue weighted by Gasteiger charge is 2.13. The molecule has 8 nitrogen and oxygen atoms in total. The molecular formula is C19H17FN6O2. The molecule has 0 aliphatic rings. The zero-order valence-corrected chi connectivity index (χ0v) is 15.0. The summed E-state index contributed by atoms with van der Waals surface area (Å²) in [7, 11) is 0. The van der Waals surface area contributed by atoms with Gasteiger partial charge >= 0.3 is 0 Å². The summed E-state index contributed by atoms with van der Waals surface area (Å²) < 4.78 is 23.1. The molecule has 4 aromatic rings. The number of rotatable bonds is 6. The van der Waals surface area contributed by atoms with Gasteiger partial charge in [0, 0.05) is 29.7 Å². The number of halogens is 1. The number of pyridine rings is 1. The molecule has 142 valence electrons. The minimum absolute atomic E-state index is 0.107. The number of hydrogen-bond acceptors (Lipinski definition) is 5. The number of hydrogen-bond donors (Lipinski definition) is 1. The van der Waals surface area contributed by atoms with Gasteiger partial charge < -0.3 is 9.30 Å². The van der Waals surface area contributed by atoms with E-state index in [4.69, 9.17) is 4.74 Å². The molecular weight excluding hydrogens is 363 g/mol. The van der Waals surface area contributed by atoms with E-state index >= 15 is 0 Å². The van der Waals surface area contributed by atoms with Crippen LogP contribution in [0.25, 0.3) is 16.8 Å². The minimum atomic E-state index is -0.433. The van der Waals surface area contributed by atoms with Crippen LogP contribution in [-0.4, -0.2) is 36.7 Å². The van der Waals surface area contributed by atoms with E-state index in [9.17, 15) is 9.18 Å². The average molecular weight is 380 g/mol. The smallest absolute Gasteiger partial charge is 0.249 e. The SMILES string of the molecule is CCOc1cccc(-c2ccc3nc(NC(=O)Cn4ccnc4)nn3c2)c1F. The van der Waals surface area contributed by atoms with Crippen LogP contribution in [0, 0.1) is 5.82 Å². The van der Waals surface area contributed by atoms with E-state index in [1.165, 1.54) is 4.52 Å². The van der Waals surface area contributed by atoms with Gasteiger partial charge in [0.1, 0.15) is 6.54 Å². The van der Waals surface area contributed by atoms with Crippen LogP contribution in [0.3, 0.4) is 0 Å². The van der Waals surface area contributed by atoms with E-state index in [2.05, 4.69) is 20.4 Å². The van der Waals surface area contributed by atoms with Gasteiger partial charge in [0.15, 0.2) is 17.2 Å². The Morgan fingerprint density at radius 3 is 2.96 bits per heavy atom. The zero-order chi connectivity index (χ0) is 19.5. The molecule has 0 saturated carbocycles. The zero-order valence-electron chi connectivity index (χ0n) is 15.0. The maximum absolute atomic E-state index is 14.7. The van der Waals surface area contributed by atoms with Crippen LogP contribution in [0.4, 0.5) is 10.3 Å². The molecule has 1 aromatic carbocycles. The van der Waals surface area contributed by atoms with Crippen molar-refractivity contribution in [2.75, 3.05) is 11.9 Å². The summed E-state index contributed by atoms with van der Waals surface area (Å²) in [6.45, 7) is 2.29. The molecule has 0 atom stereocenters. The maximum Gasteiger partial charge on any atom is 0.249 e. The van der Waals surface area contributed by atoms with E-state index in [1.54, 1.807) is 66.7 Å². The summed E-state index contributed by atoms with van der Waals surface area (Å²) in [5.74, 6) is -0.334. The molecule has 0 unspecified atom stereocenters. The molecule has 0 radical (unpaired) electrons. The number of fused-ring (bicyclic) bond motifs is 1. The van der Waals surface area contributed by atoms with E-state index < -0.39 is 5.82 Å². The Kier molecular flexibility index (Phi) is 4.71. The van der Waals surface area contributed by atoms with Gasteiger partial charge in [0.25, 0.3) is 0 Å². The molecule has 0 saturated heterocycles. The lowest BCUT2D eigenvalue weighted by molar-refractivity contribution is -0.116. The third-order valence-corrected chi connectivity index (χ3v) is 4.04. The quantitative estimate of drug-likeness (QED) is 0.556. The number of carbonyl (C=O) groups is 1. The molecule has 9 heteroatoms. The van der Waals surface area contributed by atoms with E-state index in [0.29, 0.717) is 23.4 Å². The van der Waals surface area contributed by atoms with Crippen molar-refractivity contribution in [1.29, 1.82) is 0 Å². The van der Waals surface area contributed by atoms with Crippen LogP contribution >= 0.6 is 0 Å². The second kappa shape index (κ2) is 7.47. The van der Waals surface area contributed by atoms with Crippen LogP contribution in [0.15, 0.2) is 55.2 Å². The second-order valence-electron chi connectivity index (χ2n) is 5.99. The van der Waals surface area contributed by atoms with E-state index in [1.807, 2.05) is 0 Å². The topological polar surface area (TPSA) is 86.3 Å². The molecule has 0 bridgehead atoms. The largest absolute Gasteiger partial charge is 0.491 e. The molecule has 4 rings (SSSR count). The average Bonchev–Trinajstić information content (AvgIpc) is 3.32. The summed E-state index contributed by atoms with van der Waals surface area (Å²) in [6, 6.07) is 8.45. The van der Waals surface area contributed by atoms with Gasteiger partial charge in [-0.15, -0.1) is 5.10 Å². The molecule has 28 heavy (non-hydrogen) atoms. The molecule has 3 aromatic heterocycles. The molecule has 3 heterocycles. The van der Waals surface area contributed by atoms with Crippen molar-refractivity contribution in [3.63, 3.8) is 0 Å². The number of benzene rings is 1. The lowest BCUT2D eigenvalue weighted by Crippen LogP contribution is -2.18. The van der Waals surface area contributed by atoms with Crippen LogP contribution in [0.5, 0.6) is 5.75 Å². The number of amides is 1. The molecule has 1 N–H and O–H groups in total. The molecule has 0 aliphatic carbocycles. The highest BCUT2D eigenvalue weighted by molar-refractivity contribution is 5.89. The summed E-state index contributed by atoms with van der Waals surface area (Å²) >= 11 is 0. The van der Waals surface area contributed by atoms with Crippen LogP contribution in [0.1, 0.15) is 6.92 Å². The van der Waals surface area contributed by atoms with Gasteiger partial charge in [-0.1, -0.05) is 12.1 Å². The van der Waals surface area contributed by atoms with Gasteiger partial charge in [0.05, 0.1) is 12.9 Å². The first-order chi connectivity index (χ1) is 13.6. The fourth-order valence-electron chi connectivity index (χ4n) is 2.81. The fraction of sp³-hybridized carbons (Fsp3) is 0.158. The third-order valence-electron chi connectivity index (χ3n) is 4.04. The lowest BCUT2D eigenvalue weighted by Gasteiger charge is -2.09.